The van der Waals surface area contributed by atoms with Gasteiger partial charge in [0.25, 0.3) is 0 Å². The molecule has 0 N–H and O–H groups in total. The molecular formula is C84H50O2. The maximum absolute atomic E-state index is 7.04. The Kier molecular flexibility index (Phi) is 10.7. The number of furan rings is 2. The second-order valence-electron chi connectivity index (χ2n) is 22.9. The van der Waals surface area contributed by atoms with Crippen LogP contribution in [0.2, 0.25) is 0 Å². The van der Waals surface area contributed by atoms with E-state index in [4.69, 9.17) is 8.83 Å². The molecule has 0 bridgehead atoms. The fourth-order valence-corrected chi connectivity index (χ4v) is 14.4. The first-order valence-corrected chi connectivity index (χ1v) is 29.6. The fraction of sp³-hybridized carbons (Fsp3) is 0. The highest BCUT2D eigenvalue weighted by Crippen LogP contribution is 2.51. The Hall–Kier alpha value is -11.3. The van der Waals surface area contributed by atoms with Crippen molar-refractivity contribution in [2.24, 2.45) is 0 Å². The van der Waals surface area contributed by atoms with Crippen LogP contribution in [0.4, 0.5) is 0 Å². The Morgan fingerprint density at radius 3 is 1.10 bits per heavy atom. The summed E-state index contributed by atoms with van der Waals surface area (Å²) in [5, 5.41) is 19.0. The van der Waals surface area contributed by atoms with Crippen LogP contribution in [0.3, 0.4) is 0 Å². The molecule has 2 aromatic heterocycles. The molecule has 0 radical (unpaired) electrons. The zero-order valence-electron chi connectivity index (χ0n) is 46.7. The molecule has 2 heterocycles. The highest BCUT2D eigenvalue weighted by Gasteiger charge is 2.24. The largest absolute Gasteiger partial charge is 0.455 e. The van der Waals surface area contributed by atoms with Crippen LogP contribution in [0.15, 0.2) is 312 Å². The first kappa shape index (κ1) is 48.2. The summed E-state index contributed by atoms with van der Waals surface area (Å²) in [6, 6.07) is 111. The van der Waals surface area contributed by atoms with Crippen LogP contribution in [0.25, 0.3) is 186 Å². The van der Waals surface area contributed by atoms with Crippen molar-refractivity contribution in [2.45, 2.75) is 0 Å². The van der Waals surface area contributed by atoms with Crippen molar-refractivity contribution < 1.29 is 8.83 Å². The van der Waals surface area contributed by atoms with E-state index in [9.17, 15) is 0 Å². The molecule has 0 aliphatic carbocycles. The number of para-hydroxylation sites is 1. The van der Waals surface area contributed by atoms with E-state index in [1.165, 1.54) is 98.0 Å². The number of benzene rings is 16. The Labute approximate surface area is 495 Å². The highest BCUT2D eigenvalue weighted by atomic mass is 16.3. The predicted molar refractivity (Wildman–Crippen MR) is 364 cm³/mol. The summed E-state index contributed by atoms with van der Waals surface area (Å²) >= 11 is 0. The lowest BCUT2D eigenvalue weighted by Gasteiger charge is -2.19. The molecule has 0 fully saturated rings. The molecule has 0 amide bonds. The standard InChI is InChI=1S/C84H50O2/c1-2-21-53(22-3-1)72-47-57(48-76-74-46-56(43-44-78(74)86-83(72)76)79-64-32-8-12-36-68(64)81(69-37-13-9-33-65(69)79)62-40-19-25-51-23-4-6-29-59(51)62)54-27-18-28-55(45-54)73-49-58(50-75-61-31-16-17-42-77(61)85-84(73)75)80-66-34-10-14-38-70(66)82(71-39-15-11-35-67(71)80)63-41-20-26-52-24-5-7-30-60(52)63/h1-50H. The summed E-state index contributed by atoms with van der Waals surface area (Å²) in [6.45, 7) is 0. The van der Waals surface area contributed by atoms with Gasteiger partial charge >= 0.3 is 0 Å². The van der Waals surface area contributed by atoms with Gasteiger partial charge in [0, 0.05) is 32.7 Å². The normalized spacial score (nSPS) is 12.0. The van der Waals surface area contributed by atoms with Crippen molar-refractivity contribution in [3.63, 3.8) is 0 Å². The molecule has 18 aromatic rings. The predicted octanol–water partition coefficient (Wildman–Crippen LogP) is 24.1. The number of hydrogen-bond acceptors (Lipinski definition) is 2. The van der Waals surface area contributed by atoms with E-state index in [0.717, 1.165) is 88.4 Å². The molecule has 0 saturated carbocycles. The lowest BCUT2D eigenvalue weighted by molar-refractivity contribution is 0.669. The van der Waals surface area contributed by atoms with Crippen molar-refractivity contribution in [1.29, 1.82) is 0 Å². The summed E-state index contributed by atoms with van der Waals surface area (Å²) < 4.78 is 14.0. The quantitative estimate of drug-likeness (QED) is 0.149. The average molecular weight is 1090 g/mol. The van der Waals surface area contributed by atoms with Crippen molar-refractivity contribution in [2.75, 3.05) is 0 Å². The van der Waals surface area contributed by atoms with Gasteiger partial charge in [0.1, 0.15) is 22.3 Å². The van der Waals surface area contributed by atoms with Crippen molar-refractivity contribution in [3.05, 3.63) is 303 Å². The Balaban J connectivity index is 0.842. The Bertz CT molecular complexity index is 5710. The van der Waals surface area contributed by atoms with Crippen LogP contribution in [-0.4, -0.2) is 0 Å². The molecule has 0 unspecified atom stereocenters. The van der Waals surface area contributed by atoms with Gasteiger partial charge in [-0.25, -0.2) is 0 Å². The van der Waals surface area contributed by atoms with Crippen LogP contribution in [0.1, 0.15) is 0 Å². The van der Waals surface area contributed by atoms with E-state index in [-0.39, 0.29) is 0 Å². The molecule has 0 aliphatic heterocycles. The van der Waals surface area contributed by atoms with Gasteiger partial charge in [-0.15, -0.1) is 0 Å². The van der Waals surface area contributed by atoms with Gasteiger partial charge in [0.05, 0.1) is 0 Å². The van der Waals surface area contributed by atoms with E-state index >= 15 is 0 Å². The molecule has 2 heteroatoms. The molecule has 18 rings (SSSR count). The number of hydrogen-bond donors (Lipinski definition) is 0. The van der Waals surface area contributed by atoms with Crippen LogP contribution in [0, 0.1) is 0 Å². The molecular weight excluding hydrogens is 1040 g/mol. The van der Waals surface area contributed by atoms with Crippen molar-refractivity contribution >= 4 is 109 Å². The number of fused-ring (bicyclic) bond motifs is 12. The molecule has 0 atom stereocenters. The summed E-state index contributed by atoms with van der Waals surface area (Å²) in [7, 11) is 0. The minimum Gasteiger partial charge on any atom is -0.455 e. The van der Waals surface area contributed by atoms with E-state index in [0.29, 0.717) is 0 Å². The van der Waals surface area contributed by atoms with Crippen LogP contribution < -0.4 is 0 Å². The summed E-state index contributed by atoms with van der Waals surface area (Å²) in [4.78, 5) is 0. The molecule has 86 heavy (non-hydrogen) atoms. The van der Waals surface area contributed by atoms with Crippen molar-refractivity contribution in [3.8, 4) is 77.9 Å². The average Bonchev–Trinajstić information content (AvgIpc) is 3.95. The molecule has 2 nitrogen and oxygen atoms in total. The first-order chi connectivity index (χ1) is 42.7. The van der Waals surface area contributed by atoms with Crippen LogP contribution >= 0.6 is 0 Å². The Morgan fingerprint density at radius 1 is 0.163 bits per heavy atom. The Morgan fingerprint density at radius 2 is 0.535 bits per heavy atom. The van der Waals surface area contributed by atoms with Gasteiger partial charge in [-0.2, -0.15) is 0 Å². The van der Waals surface area contributed by atoms with Gasteiger partial charge in [-0.05, 0) is 180 Å². The van der Waals surface area contributed by atoms with E-state index in [1.54, 1.807) is 0 Å². The van der Waals surface area contributed by atoms with E-state index < -0.39 is 0 Å². The molecule has 0 spiro atoms. The third-order valence-corrected chi connectivity index (χ3v) is 18.2. The third-order valence-electron chi connectivity index (χ3n) is 18.2. The molecule has 398 valence electrons. The maximum atomic E-state index is 7.04. The van der Waals surface area contributed by atoms with Gasteiger partial charge < -0.3 is 8.83 Å². The minimum absolute atomic E-state index is 0.849. The smallest absolute Gasteiger partial charge is 0.143 e. The summed E-state index contributed by atoms with van der Waals surface area (Å²) in [5.41, 5.74) is 19.6. The van der Waals surface area contributed by atoms with Crippen LogP contribution in [0.5, 0.6) is 0 Å². The van der Waals surface area contributed by atoms with Crippen LogP contribution in [-0.2, 0) is 0 Å². The second-order valence-corrected chi connectivity index (χ2v) is 22.9. The molecule has 0 aliphatic rings. The molecule has 16 aromatic carbocycles. The lowest BCUT2D eigenvalue weighted by atomic mass is 9.84. The maximum Gasteiger partial charge on any atom is 0.143 e. The van der Waals surface area contributed by atoms with E-state index in [1.807, 2.05) is 0 Å². The van der Waals surface area contributed by atoms with Gasteiger partial charge in [-0.1, -0.05) is 255 Å². The van der Waals surface area contributed by atoms with Gasteiger partial charge in [0.2, 0.25) is 0 Å². The second kappa shape index (κ2) is 19.1. The van der Waals surface area contributed by atoms with Crippen molar-refractivity contribution in [1.82, 2.24) is 0 Å². The first-order valence-electron chi connectivity index (χ1n) is 29.6. The minimum atomic E-state index is 0.849. The number of rotatable bonds is 7. The highest BCUT2D eigenvalue weighted by molar-refractivity contribution is 6.27. The van der Waals surface area contributed by atoms with Gasteiger partial charge in [0.15, 0.2) is 0 Å². The topological polar surface area (TPSA) is 26.3 Å². The molecule has 0 saturated heterocycles. The summed E-state index contributed by atoms with van der Waals surface area (Å²) in [5.74, 6) is 0. The van der Waals surface area contributed by atoms with Gasteiger partial charge in [-0.3, -0.25) is 0 Å². The third kappa shape index (κ3) is 7.40. The zero-order valence-corrected chi connectivity index (χ0v) is 46.7. The fourth-order valence-electron chi connectivity index (χ4n) is 14.4. The monoisotopic (exact) mass is 1090 g/mol. The van der Waals surface area contributed by atoms with E-state index in [2.05, 4.69) is 303 Å². The zero-order chi connectivity index (χ0) is 56.4. The summed E-state index contributed by atoms with van der Waals surface area (Å²) in [6.07, 6.45) is 0. The lowest BCUT2D eigenvalue weighted by Crippen LogP contribution is -1.92. The SMILES string of the molecule is c1ccc(-c2cc(-c3cccc(-c4cc(-c5c6ccccc6c(-c6cccc7ccccc67)c6ccccc56)cc5c4oc4ccccc45)c3)cc3c2oc2ccc(-c4c5ccccc5c(-c5cccc6ccccc56)c5ccccc45)cc23)cc1.